The number of aromatic nitrogens is 5. The van der Waals surface area contributed by atoms with Gasteiger partial charge in [-0.25, -0.2) is 0 Å². The van der Waals surface area contributed by atoms with Crippen LogP contribution in [-0.4, -0.2) is 25.6 Å². The van der Waals surface area contributed by atoms with Gasteiger partial charge in [0.15, 0.2) is 0 Å². The highest BCUT2D eigenvalue weighted by Gasteiger charge is 2.27. The second-order valence-electron chi connectivity index (χ2n) is 8.90. The zero-order valence-corrected chi connectivity index (χ0v) is 19.1. The van der Waals surface area contributed by atoms with Crippen LogP contribution in [0.15, 0.2) is 79.0 Å². The maximum atomic E-state index is 14.5. The Hall–Kier alpha value is -4.32. The molecule has 0 aliphatic heterocycles. The highest BCUT2D eigenvalue weighted by Crippen LogP contribution is 2.45. The third-order valence-corrected chi connectivity index (χ3v) is 6.74. The smallest absolute Gasteiger partial charge is 0.216 e. The van der Waals surface area contributed by atoms with E-state index in [0.29, 0.717) is 16.8 Å². The molecule has 0 saturated heterocycles. The summed E-state index contributed by atoms with van der Waals surface area (Å²) in [6.07, 6.45) is 9.18. The van der Waals surface area contributed by atoms with E-state index in [-0.39, 0.29) is 0 Å². The number of hydrogen-bond donors (Lipinski definition) is 2. The third-order valence-electron chi connectivity index (χ3n) is 6.74. The van der Waals surface area contributed by atoms with E-state index in [1.165, 1.54) is 17.6 Å². The van der Waals surface area contributed by atoms with Crippen LogP contribution in [0.1, 0.15) is 47.2 Å². The molecule has 6 heteroatoms. The predicted octanol–water partition coefficient (Wildman–Crippen LogP) is 6.75. The summed E-state index contributed by atoms with van der Waals surface area (Å²) in [5.74, 6) is 0.0727. The first-order valence-electron chi connectivity index (χ1n) is 11.8. The summed E-state index contributed by atoms with van der Waals surface area (Å²) in [5, 5.41) is 17.6. The summed E-state index contributed by atoms with van der Waals surface area (Å²) in [5.41, 5.74) is 8.27. The lowest BCUT2D eigenvalue weighted by Crippen LogP contribution is -2.15. The summed E-state index contributed by atoms with van der Waals surface area (Å²) in [6.45, 7) is 0. The molecule has 0 spiro atoms. The maximum absolute atomic E-state index is 14.5. The molecule has 2 heterocycles. The van der Waals surface area contributed by atoms with Crippen LogP contribution in [0.25, 0.3) is 34.2 Å². The van der Waals surface area contributed by atoms with Gasteiger partial charge in [-0.15, -0.1) is 0 Å². The molecule has 172 valence electrons. The Morgan fingerprint density at radius 1 is 0.857 bits per heavy atom. The van der Waals surface area contributed by atoms with Crippen LogP contribution in [0.2, 0.25) is 0 Å². The van der Waals surface area contributed by atoms with E-state index in [9.17, 15) is 4.39 Å². The summed E-state index contributed by atoms with van der Waals surface area (Å²) in [7, 11) is 0. The van der Waals surface area contributed by atoms with E-state index in [1.807, 2.05) is 30.4 Å². The number of benzene rings is 3. The summed E-state index contributed by atoms with van der Waals surface area (Å²) >= 11 is 0. The number of H-pyrrole nitrogens is 2. The second kappa shape index (κ2) is 9.14. The molecule has 0 atom stereocenters. The molecular weight excluding hydrogens is 437 g/mol. The van der Waals surface area contributed by atoms with Crippen molar-refractivity contribution in [2.75, 3.05) is 0 Å². The second-order valence-corrected chi connectivity index (χ2v) is 8.90. The number of fused-ring (bicyclic) bond motifs is 1. The molecule has 6 rings (SSSR count). The first-order chi connectivity index (χ1) is 17.3. The van der Waals surface area contributed by atoms with Crippen molar-refractivity contribution >= 4 is 34.2 Å². The van der Waals surface area contributed by atoms with Gasteiger partial charge in [0.25, 0.3) is 0 Å². The van der Waals surface area contributed by atoms with Crippen molar-refractivity contribution in [1.29, 1.82) is 0 Å². The SMILES string of the molecule is Fc1[nH]nc2ccc(C(=C(c3ccccc3)C3CCC3)c3ccc(C=Cc4cn[nH]n4)cc3)cc12. The van der Waals surface area contributed by atoms with Crippen LogP contribution in [0.5, 0.6) is 0 Å². The minimum Gasteiger partial charge on any atom is -0.252 e. The first kappa shape index (κ1) is 21.2. The number of aromatic amines is 2. The molecule has 1 aliphatic rings. The van der Waals surface area contributed by atoms with Gasteiger partial charge in [0.1, 0.15) is 5.69 Å². The molecule has 2 N–H and O–H groups in total. The Balaban J connectivity index is 1.51. The number of rotatable bonds is 6. The largest absolute Gasteiger partial charge is 0.252 e. The quantitative estimate of drug-likeness (QED) is 0.275. The Kier molecular flexibility index (Phi) is 5.54. The molecule has 0 bridgehead atoms. The molecule has 35 heavy (non-hydrogen) atoms. The average molecular weight is 462 g/mol. The van der Waals surface area contributed by atoms with E-state index in [1.54, 1.807) is 6.20 Å². The molecular formula is C29H24FN5. The summed E-state index contributed by atoms with van der Waals surface area (Å²) in [6, 6.07) is 24.9. The van der Waals surface area contributed by atoms with Crippen LogP contribution in [0.3, 0.4) is 0 Å². The molecule has 1 saturated carbocycles. The van der Waals surface area contributed by atoms with E-state index < -0.39 is 5.95 Å². The normalized spacial score (nSPS) is 14.9. The monoisotopic (exact) mass is 461 g/mol. The fourth-order valence-corrected chi connectivity index (χ4v) is 4.74. The topological polar surface area (TPSA) is 70.2 Å². The van der Waals surface area contributed by atoms with E-state index in [4.69, 9.17) is 0 Å². The standard InChI is InChI=1S/C29H24FN5/c30-29-25-17-23(14-16-26(25)33-34-29)28(27(21-7-4-8-21)20-5-2-1-3-6-20)22-12-9-19(10-13-22)11-15-24-18-31-35-32-24/h1-3,5-6,9-18,21H,4,7-8H2,(H,33,34)(H,31,32,35). The molecule has 2 aromatic heterocycles. The van der Waals surface area contributed by atoms with E-state index in [2.05, 4.69) is 80.2 Å². The van der Waals surface area contributed by atoms with Gasteiger partial charge < -0.3 is 0 Å². The molecule has 0 amide bonds. The minimum atomic E-state index is -0.403. The first-order valence-corrected chi connectivity index (χ1v) is 11.8. The van der Waals surface area contributed by atoms with Gasteiger partial charge in [0, 0.05) is 0 Å². The lowest BCUT2D eigenvalue weighted by Gasteiger charge is -2.31. The Morgan fingerprint density at radius 2 is 1.66 bits per heavy atom. The molecule has 0 unspecified atom stereocenters. The van der Waals surface area contributed by atoms with E-state index >= 15 is 0 Å². The van der Waals surface area contributed by atoms with Crippen molar-refractivity contribution in [3.63, 3.8) is 0 Å². The van der Waals surface area contributed by atoms with Crippen LogP contribution >= 0.6 is 0 Å². The van der Waals surface area contributed by atoms with Gasteiger partial charge in [0.2, 0.25) is 5.95 Å². The lowest BCUT2D eigenvalue weighted by atomic mass is 9.73. The zero-order chi connectivity index (χ0) is 23.6. The zero-order valence-electron chi connectivity index (χ0n) is 19.1. The number of allylic oxidation sites excluding steroid dienone is 1. The number of nitrogens with one attached hydrogen (secondary N) is 2. The van der Waals surface area contributed by atoms with Crippen molar-refractivity contribution in [2.45, 2.75) is 19.3 Å². The van der Waals surface area contributed by atoms with Gasteiger partial charge >= 0.3 is 0 Å². The van der Waals surface area contributed by atoms with Crippen LogP contribution < -0.4 is 0 Å². The number of hydrogen-bond acceptors (Lipinski definition) is 3. The van der Waals surface area contributed by atoms with Crippen LogP contribution in [-0.2, 0) is 0 Å². The molecule has 3 aromatic carbocycles. The van der Waals surface area contributed by atoms with Crippen molar-refractivity contribution in [3.05, 3.63) is 113 Å². The van der Waals surface area contributed by atoms with Gasteiger partial charge in [-0.3, -0.25) is 5.10 Å². The Labute approximate surface area is 202 Å². The van der Waals surface area contributed by atoms with E-state index in [0.717, 1.165) is 40.8 Å². The fourth-order valence-electron chi connectivity index (χ4n) is 4.74. The van der Waals surface area contributed by atoms with Crippen molar-refractivity contribution in [2.24, 2.45) is 5.92 Å². The van der Waals surface area contributed by atoms with Crippen LogP contribution in [0.4, 0.5) is 4.39 Å². The Morgan fingerprint density at radius 3 is 2.37 bits per heavy atom. The molecule has 1 fully saturated rings. The van der Waals surface area contributed by atoms with Crippen molar-refractivity contribution in [1.82, 2.24) is 25.6 Å². The summed E-state index contributed by atoms with van der Waals surface area (Å²) < 4.78 is 14.5. The predicted molar refractivity (Wildman–Crippen MR) is 138 cm³/mol. The van der Waals surface area contributed by atoms with Gasteiger partial charge in [-0.1, -0.05) is 73.2 Å². The number of nitrogens with zero attached hydrogens (tertiary/aromatic N) is 3. The fraction of sp³-hybridized carbons (Fsp3) is 0.138. The highest BCUT2D eigenvalue weighted by molar-refractivity contribution is 6.01. The lowest BCUT2D eigenvalue weighted by molar-refractivity contribution is 0.401. The average Bonchev–Trinajstić information content (AvgIpc) is 3.52. The number of halogens is 1. The van der Waals surface area contributed by atoms with Gasteiger partial charge in [-0.05, 0) is 70.4 Å². The van der Waals surface area contributed by atoms with Gasteiger partial charge in [-0.2, -0.15) is 24.9 Å². The maximum Gasteiger partial charge on any atom is 0.216 e. The Bertz CT molecular complexity index is 1510. The van der Waals surface area contributed by atoms with Crippen molar-refractivity contribution < 1.29 is 4.39 Å². The van der Waals surface area contributed by atoms with Gasteiger partial charge in [0.05, 0.1) is 17.1 Å². The molecule has 5 nitrogen and oxygen atoms in total. The molecule has 0 radical (unpaired) electrons. The minimum absolute atomic E-state index is 0.403. The van der Waals surface area contributed by atoms with Crippen molar-refractivity contribution in [3.8, 4) is 0 Å². The molecule has 1 aliphatic carbocycles. The third kappa shape index (κ3) is 4.19. The highest BCUT2D eigenvalue weighted by atomic mass is 19.1. The summed E-state index contributed by atoms with van der Waals surface area (Å²) in [4.78, 5) is 0. The molecule has 5 aromatic rings. The van der Waals surface area contributed by atoms with Crippen LogP contribution in [0, 0.1) is 11.9 Å².